The molecule has 4 heteroatoms. The molecule has 0 aliphatic heterocycles. The summed E-state index contributed by atoms with van der Waals surface area (Å²) >= 11 is 5.75. The van der Waals surface area contributed by atoms with Gasteiger partial charge in [0.2, 0.25) is 0 Å². The van der Waals surface area contributed by atoms with Crippen LogP contribution >= 0.6 is 11.6 Å². The lowest BCUT2D eigenvalue weighted by Crippen LogP contribution is -2.34. The molecule has 1 aliphatic rings. The van der Waals surface area contributed by atoms with Crippen molar-refractivity contribution in [1.29, 1.82) is 0 Å². The SMILES string of the molecule is Fc1ccc(C2CC(Nc3cccc(Cl)c3F)C2)cc1. The molecule has 1 nitrogen and oxygen atoms in total. The summed E-state index contributed by atoms with van der Waals surface area (Å²) in [6.45, 7) is 0. The van der Waals surface area contributed by atoms with E-state index < -0.39 is 5.82 Å². The van der Waals surface area contributed by atoms with Gasteiger partial charge in [0.15, 0.2) is 5.82 Å². The largest absolute Gasteiger partial charge is 0.380 e. The highest BCUT2D eigenvalue weighted by molar-refractivity contribution is 6.31. The van der Waals surface area contributed by atoms with Gasteiger partial charge in [0.25, 0.3) is 0 Å². The van der Waals surface area contributed by atoms with Crippen LogP contribution in [0, 0.1) is 11.6 Å². The molecule has 20 heavy (non-hydrogen) atoms. The fraction of sp³-hybridized carbons (Fsp3) is 0.250. The average Bonchev–Trinajstić information content (AvgIpc) is 2.39. The molecule has 0 unspecified atom stereocenters. The van der Waals surface area contributed by atoms with Gasteiger partial charge in [0.05, 0.1) is 10.7 Å². The van der Waals surface area contributed by atoms with Crippen molar-refractivity contribution in [1.82, 2.24) is 0 Å². The Bertz CT molecular complexity index is 606. The molecule has 1 aliphatic carbocycles. The van der Waals surface area contributed by atoms with Gasteiger partial charge < -0.3 is 5.32 Å². The second-order valence-electron chi connectivity index (χ2n) is 5.16. The fourth-order valence-corrected chi connectivity index (χ4v) is 2.75. The Labute approximate surface area is 121 Å². The minimum Gasteiger partial charge on any atom is -0.380 e. The maximum Gasteiger partial charge on any atom is 0.164 e. The van der Waals surface area contributed by atoms with E-state index in [4.69, 9.17) is 11.6 Å². The molecule has 1 fully saturated rings. The fourth-order valence-electron chi connectivity index (χ4n) is 2.58. The summed E-state index contributed by atoms with van der Waals surface area (Å²) in [4.78, 5) is 0. The third-order valence-electron chi connectivity index (χ3n) is 3.79. The molecular formula is C16H14ClF2N. The van der Waals surface area contributed by atoms with E-state index in [1.807, 2.05) is 12.1 Å². The number of rotatable bonds is 3. The third kappa shape index (κ3) is 2.63. The molecule has 0 spiro atoms. The van der Waals surface area contributed by atoms with Crippen LogP contribution in [0.1, 0.15) is 24.3 Å². The molecule has 0 radical (unpaired) electrons. The minimum absolute atomic E-state index is 0.129. The monoisotopic (exact) mass is 293 g/mol. The summed E-state index contributed by atoms with van der Waals surface area (Å²) in [6, 6.07) is 11.8. The van der Waals surface area contributed by atoms with Crippen LogP contribution in [0.5, 0.6) is 0 Å². The zero-order chi connectivity index (χ0) is 14.1. The highest BCUT2D eigenvalue weighted by Gasteiger charge is 2.30. The van der Waals surface area contributed by atoms with E-state index in [1.54, 1.807) is 12.1 Å². The number of halogens is 3. The predicted molar refractivity (Wildman–Crippen MR) is 77.2 cm³/mol. The van der Waals surface area contributed by atoms with E-state index in [9.17, 15) is 8.78 Å². The van der Waals surface area contributed by atoms with Gasteiger partial charge in [-0.15, -0.1) is 0 Å². The lowest BCUT2D eigenvalue weighted by molar-refractivity contribution is 0.372. The zero-order valence-electron chi connectivity index (χ0n) is 10.7. The molecule has 0 atom stereocenters. The second-order valence-corrected chi connectivity index (χ2v) is 5.57. The summed E-state index contributed by atoms with van der Waals surface area (Å²) in [7, 11) is 0. The van der Waals surface area contributed by atoms with Crippen LogP contribution in [0.2, 0.25) is 5.02 Å². The highest BCUT2D eigenvalue weighted by atomic mass is 35.5. The van der Waals surface area contributed by atoms with E-state index in [0.29, 0.717) is 11.6 Å². The molecule has 0 bridgehead atoms. The van der Waals surface area contributed by atoms with Gasteiger partial charge in [0.1, 0.15) is 5.82 Å². The van der Waals surface area contributed by atoms with Crippen LogP contribution in [0.25, 0.3) is 0 Å². The molecular weight excluding hydrogens is 280 g/mol. The molecule has 104 valence electrons. The first-order valence-electron chi connectivity index (χ1n) is 6.59. The first-order valence-corrected chi connectivity index (χ1v) is 6.97. The van der Waals surface area contributed by atoms with Crippen molar-refractivity contribution in [2.75, 3.05) is 5.32 Å². The Morgan fingerprint density at radius 1 is 1.00 bits per heavy atom. The predicted octanol–water partition coefficient (Wildman–Crippen LogP) is 4.98. The van der Waals surface area contributed by atoms with Gasteiger partial charge in [-0.3, -0.25) is 0 Å². The Morgan fingerprint density at radius 2 is 1.70 bits per heavy atom. The van der Waals surface area contributed by atoms with Crippen molar-refractivity contribution in [3.8, 4) is 0 Å². The van der Waals surface area contributed by atoms with Crippen molar-refractivity contribution in [2.24, 2.45) is 0 Å². The first kappa shape index (κ1) is 13.4. The number of hydrogen-bond donors (Lipinski definition) is 1. The lowest BCUT2D eigenvalue weighted by Gasteiger charge is -2.37. The summed E-state index contributed by atoms with van der Waals surface area (Å²) in [6.07, 6.45) is 1.83. The van der Waals surface area contributed by atoms with E-state index >= 15 is 0 Å². The van der Waals surface area contributed by atoms with E-state index in [2.05, 4.69) is 5.32 Å². The number of anilines is 1. The van der Waals surface area contributed by atoms with Crippen LogP contribution < -0.4 is 5.32 Å². The molecule has 2 aromatic rings. The number of nitrogens with one attached hydrogen (secondary N) is 1. The van der Waals surface area contributed by atoms with Crippen molar-refractivity contribution >= 4 is 17.3 Å². The van der Waals surface area contributed by atoms with Crippen molar-refractivity contribution in [3.05, 3.63) is 64.7 Å². The first-order chi connectivity index (χ1) is 9.63. The van der Waals surface area contributed by atoms with Crippen molar-refractivity contribution in [3.63, 3.8) is 0 Å². The van der Waals surface area contributed by atoms with Crippen LogP contribution in [-0.4, -0.2) is 6.04 Å². The summed E-state index contributed by atoms with van der Waals surface area (Å²) < 4.78 is 26.6. The highest BCUT2D eigenvalue weighted by Crippen LogP contribution is 2.39. The Kier molecular flexibility index (Phi) is 3.62. The number of benzene rings is 2. The van der Waals surface area contributed by atoms with E-state index in [1.165, 1.54) is 18.2 Å². The molecule has 0 aromatic heterocycles. The quantitative estimate of drug-likeness (QED) is 0.842. The van der Waals surface area contributed by atoms with Crippen LogP contribution in [0.15, 0.2) is 42.5 Å². The Morgan fingerprint density at radius 3 is 2.40 bits per heavy atom. The van der Waals surface area contributed by atoms with Crippen LogP contribution in [-0.2, 0) is 0 Å². The van der Waals surface area contributed by atoms with E-state index in [0.717, 1.165) is 18.4 Å². The molecule has 0 heterocycles. The standard InChI is InChI=1S/C16H14ClF2N/c17-14-2-1-3-15(16(14)19)20-13-8-11(9-13)10-4-6-12(18)7-5-10/h1-7,11,13,20H,8-9H2. The van der Waals surface area contributed by atoms with Gasteiger partial charge in [0, 0.05) is 6.04 Å². The van der Waals surface area contributed by atoms with Gasteiger partial charge in [-0.1, -0.05) is 29.8 Å². The van der Waals surface area contributed by atoms with Crippen LogP contribution in [0.3, 0.4) is 0 Å². The lowest BCUT2D eigenvalue weighted by atomic mass is 9.76. The molecule has 3 rings (SSSR count). The zero-order valence-corrected chi connectivity index (χ0v) is 11.5. The summed E-state index contributed by atoms with van der Waals surface area (Å²) in [5.41, 5.74) is 1.58. The topological polar surface area (TPSA) is 12.0 Å². The maximum absolute atomic E-state index is 13.8. The summed E-state index contributed by atoms with van der Waals surface area (Å²) in [5, 5.41) is 3.29. The van der Waals surface area contributed by atoms with Gasteiger partial charge in [-0.25, -0.2) is 8.78 Å². The van der Waals surface area contributed by atoms with Crippen molar-refractivity contribution in [2.45, 2.75) is 24.8 Å². The third-order valence-corrected chi connectivity index (χ3v) is 4.08. The molecule has 0 amide bonds. The smallest absolute Gasteiger partial charge is 0.164 e. The minimum atomic E-state index is -0.403. The Balaban J connectivity index is 1.61. The van der Waals surface area contributed by atoms with Crippen LogP contribution in [0.4, 0.5) is 14.5 Å². The van der Waals surface area contributed by atoms with Gasteiger partial charge in [-0.2, -0.15) is 0 Å². The molecule has 1 N–H and O–H groups in total. The van der Waals surface area contributed by atoms with Gasteiger partial charge >= 0.3 is 0 Å². The molecule has 2 aromatic carbocycles. The summed E-state index contributed by atoms with van der Waals surface area (Å²) in [5.74, 6) is -0.210. The Hall–Kier alpha value is -1.61. The molecule has 1 saturated carbocycles. The second kappa shape index (κ2) is 5.41. The number of hydrogen-bond acceptors (Lipinski definition) is 1. The maximum atomic E-state index is 13.8. The van der Waals surface area contributed by atoms with Crippen molar-refractivity contribution < 1.29 is 8.78 Å². The average molecular weight is 294 g/mol. The van der Waals surface area contributed by atoms with Gasteiger partial charge in [-0.05, 0) is 48.6 Å². The molecule has 0 saturated heterocycles. The van der Waals surface area contributed by atoms with E-state index in [-0.39, 0.29) is 16.9 Å². The normalized spacial score (nSPS) is 21.4.